The Bertz CT molecular complexity index is 123. The average molecular weight is 220 g/mol. The fourth-order valence-corrected chi connectivity index (χ4v) is 2.79. The summed E-state index contributed by atoms with van der Waals surface area (Å²) in [5.41, 5.74) is 6.12. The summed E-state index contributed by atoms with van der Waals surface area (Å²) in [4.78, 5) is 0. The van der Waals surface area contributed by atoms with Gasteiger partial charge < -0.3 is 20.5 Å². The lowest BCUT2D eigenvalue weighted by molar-refractivity contribution is -0.0447. The molecule has 14 heavy (non-hydrogen) atoms. The van der Waals surface area contributed by atoms with E-state index >= 15 is 0 Å². The zero-order valence-electron chi connectivity index (χ0n) is 9.58. The lowest BCUT2D eigenvalue weighted by Gasteiger charge is -2.17. The molecule has 0 aliphatic carbocycles. The fraction of sp³-hybridized carbons (Fsp3) is 1.00. The number of rotatable bonds is 9. The Balaban J connectivity index is 3.38. The highest BCUT2D eigenvalue weighted by molar-refractivity contribution is 6.38. The van der Waals surface area contributed by atoms with E-state index in [2.05, 4.69) is 12.2 Å². The molecular weight excluding hydrogens is 196 g/mol. The molecule has 0 aromatic carbocycles. The smallest absolute Gasteiger partial charge is 0.134 e. The molecule has 0 fully saturated rings. The predicted octanol–water partition coefficient (Wildman–Crippen LogP) is -0.522. The molecule has 0 amide bonds. The quantitative estimate of drug-likeness (QED) is 0.312. The molecular formula is C9H24N2O2Si. The molecule has 0 spiro atoms. The van der Waals surface area contributed by atoms with Gasteiger partial charge >= 0.3 is 0 Å². The van der Waals surface area contributed by atoms with Gasteiger partial charge in [0.05, 0.1) is 9.52 Å². The summed E-state index contributed by atoms with van der Waals surface area (Å²) in [7, 11) is 3.12. The maximum absolute atomic E-state index is 5.38. The Morgan fingerprint density at radius 1 is 1.29 bits per heavy atom. The van der Waals surface area contributed by atoms with E-state index in [-0.39, 0.29) is 15.4 Å². The van der Waals surface area contributed by atoms with E-state index in [1.165, 1.54) is 6.42 Å². The highest BCUT2D eigenvalue weighted by Gasteiger charge is 2.11. The number of nitrogens with one attached hydrogen (secondary N) is 1. The summed E-state index contributed by atoms with van der Waals surface area (Å²) in [6.07, 6.45) is 1.19. The highest BCUT2D eigenvalue weighted by Crippen LogP contribution is 2.09. The van der Waals surface area contributed by atoms with Crippen LogP contribution in [0.25, 0.3) is 0 Å². The predicted molar refractivity (Wildman–Crippen MR) is 62.3 cm³/mol. The third kappa shape index (κ3) is 7.46. The van der Waals surface area contributed by atoms with Crippen LogP contribution in [0, 0.1) is 0 Å². The van der Waals surface area contributed by atoms with Gasteiger partial charge in [0.2, 0.25) is 0 Å². The molecule has 0 bridgehead atoms. The van der Waals surface area contributed by atoms with Crippen molar-refractivity contribution in [3.8, 4) is 0 Å². The molecule has 0 aromatic heterocycles. The van der Waals surface area contributed by atoms with E-state index in [0.29, 0.717) is 6.54 Å². The van der Waals surface area contributed by atoms with Crippen LogP contribution in [-0.2, 0) is 9.47 Å². The minimum Gasteiger partial charge on any atom is -0.360 e. The first kappa shape index (κ1) is 14.1. The maximum Gasteiger partial charge on any atom is 0.134 e. The molecule has 0 saturated carbocycles. The number of nitrogens with two attached hydrogens (primary N) is 1. The summed E-state index contributed by atoms with van der Waals surface area (Å²) < 4.78 is 10.4. The Morgan fingerprint density at radius 3 is 2.43 bits per heavy atom. The van der Waals surface area contributed by atoms with E-state index < -0.39 is 0 Å². The van der Waals surface area contributed by atoms with Gasteiger partial charge in [-0.1, -0.05) is 6.92 Å². The van der Waals surface area contributed by atoms with Crippen molar-refractivity contribution in [3.05, 3.63) is 0 Å². The van der Waals surface area contributed by atoms with E-state index in [4.69, 9.17) is 15.2 Å². The molecule has 0 rings (SSSR count). The van der Waals surface area contributed by atoms with Crippen LogP contribution < -0.4 is 11.1 Å². The summed E-state index contributed by atoms with van der Waals surface area (Å²) in [5, 5.41) is 3.29. The standard InChI is InChI=1S/C9H24N2O2Si/c1-8(4-6-11-7-5-10)14-9(12-2)13-3/h8-9,11H,4-7,10,14H2,1-3H3. The van der Waals surface area contributed by atoms with Gasteiger partial charge in [-0.15, -0.1) is 0 Å². The Morgan fingerprint density at radius 2 is 1.93 bits per heavy atom. The zero-order valence-corrected chi connectivity index (χ0v) is 11.0. The van der Waals surface area contributed by atoms with Crippen LogP contribution in [0.5, 0.6) is 0 Å². The van der Waals surface area contributed by atoms with Crippen LogP contribution in [0.1, 0.15) is 13.3 Å². The highest BCUT2D eigenvalue weighted by atomic mass is 28.2. The first-order valence-corrected chi connectivity index (χ1v) is 6.84. The van der Waals surface area contributed by atoms with Gasteiger partial charge in [0.25, 0.3) is 0 Å². The lowest BCUT2D eigenvalue weighted by Crippen LogP contribution is -2.28. The molecule has 4 nitrogen and oxygen atoms in total. The van der Waals surface area contributed by atoms with Crippen molar-refractivity contribution in [1.82, 2.24) is 5.32 Å². The summed E-state index contributed by atoms with van der Waals surface area (Å²) >= 11 is 0. The van der Waals surface area contributed by atoms with E-state index in [1.54, 1.807) is 14.2 Å². The number of hydrogen-bond donors (Lipinski definition) is 2. The van der Waals surface area contributed by atoms with E-state index in [0.717, 1.165) is 18.6 Å². The zero-order chi connectivity index (χ0) is 10.8. The molecule has 5 heteroatoms. The van der Waals surface area contributed by atoms with Crippen LogP contribution in [0.3, 0.4) is 0 Å². The van der Waals surface area contributed by atoms with Gasteiger partial charge in [-0.3, -0.25) is 0 Å². The van der Waals surface area contributed by atoms with Crippen LogP contribution in [0.15, 0.2) is 0 Å². The van der Waals surface area contributed by atoms with Crippen molar-refractivity contribution in [2.24, 2.45) is 5.73 Å². The second-order valence-electron chi connectivity index (χ2n) is 3.57. The number of ether oxygens (including phenoxy) is 2. The van der Waals surface area contributed by atoms with Crippen molar-refractivity contribution >= 4 is 9.52 Å². The summed E-state index contributed by atoms with van der Waals surface area (Å²) in [6, 6.07) is 0. The Hall–Kier alpha value is 0.0569. The van der Waals surface area contributed by atoms with Gasteiger partial charge in [0, 0.05) is 27.3 Å². The molecule has 0 saturated heterocycles. The van der Waals surface area contributed by atoms with E-state index in [1.807, 2.05) is 0 Å². The first-order chi connectivity index (χ1) is 6.74. The first-order valence-electron chi connectivity index (χ1n) is 5.21. The van der Waals surface area contributed by atoms with Crippen molar-refractivity contribution in [2.75, 3.05) is 33.9 Å². The van der Waals surface area contributed by atoms with Crippen molar-refractivity contribution in [2.45, 2.75) is 24.8 Å². The van der Waals surface area contributed by atoms with Crippen LogP contribution in [0.2, 0.25) is 5.54 Å². The molecule has 1 atom stereocenters. The van der Waals surface area contributed by atoms with Crippen molar-refractivity contribution in [3.63, 3.8) is 0 Å². The average Bonchev–Trinajstić information content (AvgIpc) is 2.21. The van der Waals surface area contributed by atoms with Crippen molar-refractivity contribution in [1.29, 1.82) is 0 Å². The molecule has 0 heterocycles. The molecule has 1 unspecified atom stereocenters. The lowest BCUT2D eigenvalue weighted by atomic mass is 10.3. The molecule has 0 aliphatic heterocycles. The summed E-state index contributed by atoms with van der Waals surface area (Å²) in [6.45, 7) is 4.93. The monoisotopic (exact) mass is 220 g/mol. The van der Waals surface area contributed by atoms with Gasteiger partial charge in [0.1, 0.15) is 5.91 Å². The third-order valence-corrected chi connectivity index (χ3v) is 4.52. The largest absolute Gasteiger partial charge is 0.360 e. The molecule has 86 valence electrons. The van der Waals surface area contributed by atoms with Crippen LogP contribution in [0.4, 0.5) is 0 Å². The SMILES string of the molecule is COC(OC)[SiH2]C(C)CCNCCN. The van der Waals surface area contributed by atoms with Crippen LogP contribution in [-0.4, -0.2) is 49.3 Å². The molecule has 3 N–H and O–H groups in total. The van der Waals surface area contributed by atoms with E-state index in [9.17, 15) is 0 Å². The minimum absolute atomic E-state index is 0.0690. The molecule has 0 radical (unpaired) electrons. The van der Waals surface area contributed by atoms with Gasteiger partial charge in [-0.25, -0.2) is 0 Å². The minimum atomic E-state index is -0.300. The fourth-order valence-electron chi connectivity index (χ4n) is 1.31. The second-order valence-corrected chi connectivity index (χ2v) is 6.10. The van der Waals surface area contributed by atoms with Gasteiger partial charge in [0.15, 0.2) is 0 Å². The second kappa shape index (κ2) is 9.61. The Kier molecular flexibility index (Phi) is 9.64. The molecule has 0 aliphatic rings. The third-order valence-electron chi connectivity index (χ3n) is 2.26. The van der Waals surface area contributed by atoms with Crippen molar-refractivity contribution < 1.29 is 9.47 Å². The maximum atomic E-state index is 5.38. The Labute approximate surface area is 89.3 Å². The normalized spacial score (nSPS) is 14.4. The van der Waals surface area contributed by atoms with Gasteiger partial charge in [-0.05, 0) is 18.5 Å². The number of hydrogen-bond acceptors (Lipinski definition) is 4. The molecule has 0 aromatic rings. The number of methoxy groups -OCH3 is 2. The van der Waals surface area contributed by atoms with Crippen LogP contribution >= 0.6 is 0 Å². The van der Waals surface area contributed by atoms with Gasteiger partial charge in [-0.2, -0.15) is 0 Å². The topological polar surface area (TPSA) is 56.5 Å². The summed E-state index contributed by atoms with van der Waals surface area (Å²) in [5.74, 6) is 0.0690.